The maximum absolute atomic E-state index is 8.49. The number of hydrogen-bond donors (Lipinski definition) is 0. The Balaban J connectivity index is 0.000000346. The molecule has 140 valence electrons. The average Bonchev–Trinajstić information content (AvgIpc) is 2.99. The van der Waals surface area contributed by atoms with Crippen LogP contribution in [0.15, 0.2) is 89.3 Å². The number of halogens is 1. The van der Waals surface area contributed by atoms with Gasteiger partial charge in [-0.05, 0) is 29.3 Å². The predicted molar refractivity (Wildman–Crippen MR) is 93.4 cm³/mol. The standard InChI is InChI=1S/C22H15O.ClHO4/c1-2-8-15(9-3-1)21-17-11-5-6-12-18(17)22-19(21)14-16-10-4-7-13-20(16)23-22;2-1(3,4)5/h1-14,21H;(H,2,3,4,5)/q+1;/p-1. The van der Waals surface area contributed by atoms with Crippen molar-refractivity contribution in [1.29, 1.82) is 0 Å². The first kappa shape index (κ1) is 18.6. The Hall–Kier alpha value is -2.80. The first-order chi connectivity index (χ1) is 13.4. The van der Waals surface area contributed by atoms with Gasteiger partial charge in [0.2, 0.25) is 0 Å². The summed E-state index contributed by atoms with van der Waals surface area (Å²) < 4.78 is 40.3. The summed E-state index contributed by atoms with van der Waals surface area (Å²) in [5.41, 5.74) is 6.05. The molecular weight excluding hydrogens is 380 g/mol. The molecule has 3 aromatic carbocycles. The zero-order valence-electron chi connectivity index (χ0n) is 14.6. The summed E-state index contributed by atoms with van der Waals surface area (Å²) in [7, 11) is -4.94. The molecule has 1 unspecified atom stereocenters. The van der Waals surface area contributed by atoms with Gasteiger partial charge in [0.1, 0.15) is 0 Å². The molecule has 0 N–H and O–H groups in total. The van der Waals surface area contributed by atoms with Crippen molar-refractivity contribution in [3.63, 3.8) is 0 Å². The fraction of sp³-hybridized carbons (Fsp3) is 0.0455. The number of benzene rings is 3. The van der Waals surface area contributed by atoms with Gasteiger partial charge in [0.25, 0.3) is 0 Å². The fourth-order valence-corrected chi connectivity index (χ4v) is 3.65. The summed E-state index contributed by atoms with van der Waals surface area (Å²) in [6.45, 7) is 0. The molecule has 1 aliphatic carbocycles. The summed E-state index contributed by atoms with van der Waals surface area (Å²) in [4.78, 5) is 0. The molecule has 5 nitrogen and oxygen atoms in total. The van der Waals surface area contributed by atoms with Crippen LogP contribution >= 0.6 is 0 Å². The summed E-state index contributed by atoms with van der Waals surface area (Å²) in [6, 6.07) is 29.8. The predicted octanol–water partition coefficient (Wildman–Crippen LogP) is 1.12. The monoisotopic (exact) mass is 394 g/mol. The normalized spacial score (nSPS) is 14.8. The summed E-state index contributed by atoms with van der Waals surface area (Å²) in [5, 5.41) is 1.15. The van der Waals surface area contributed by atoms with Crippen LogP contribution in [0.25, 0.3) is 22.3 Å². The van der Waals surface area contributed by atoms with E-state index in [4.69, 9.17) is 23.1 Å². The van der Waals surface area contributed by atoms with Crippen molar-refractivity contribution >= 4 is 11.0 Å². The van der Waals surface area contributed by atoms with E-state index in [2.05, 4.69) is 72.8 Å². The Morgan fingerprint density at radius 2 is 1.29 bits per heavy atom. The Labute approximate surface area is 163 Å². The van der Waals surface area contributed by atoms with Gasteiger partial charge >= 0.3 is 11.3 Å². The lowest BCUT2D eigenvalue weighted by Crippen LogP contribution is -2.68. The van der Waals surface area contributed by atoms with Crippen molar-refractivity contribution in [3.8, 4) is 11.3 Å². The lowest BCUT2D eigenvalue weighted by molar-refractivity contribution is -2.00. The summed E-state index contributed by atoms with van der Waals surface area (Å²) in [6.07, 6.45) is 0. The van der Waals surface area contributed by atoms with Crippen molar-refractivity contribution < 1.29 is 33.3 Å². The van der Waals surface area contributed by atoms with Crippen molar-refractivity contribution in [1.82, 2.24) is 0 Å². The van der Waals surface area contributed by atoms with Crippen molar-refractivity contribution in [2.24, 2.45) is 0 Å². The number of para-hydroxylation sites is 1. The van der Waals surface area contributed by atoms with Gasteiger partial charge in [-0.15, -0.1) is 10.2 Å². The molecule has 1 heterocycles. The maximum Gasteiger partial charge on any atom is 0.365 e. The first-order valence-corrected chi connectivity index (χ1v) is 9.77. The molecule has 0 spiro atoms. The molecule has 0 amide bonds. The lowest BCUT2D eigenvalue weighted by atomic mass is 9.89. The smallest absolute Gasteiger partial charge is 0.222 e. The molecule has 6 heteroatoms. The van der Waals surface area contributed by atoms with E-state index in [-0.39, 0.29) is 5.92 Å². The zero-order valence-corrected chi connectivity index (χ0v) is 15.3. The average molecular weight is 395 g/mol. The van der Waals surface area contributed by atoms with E-state index in [0.29, 0.717) is 0 Å². The van der Waals surface area contributed by atoms with Gasteiger partial charge in [-0.3, -0.25) is 0 Å². The van der Waals surface area contributed by atoms with Crippen molar-refractivity contribution in [2.45, 2.75) is 5.92 Å². The van der Waals surface area contributed by atoms with Crippen molar-refractivity contribution in [3.05, 3.63) is 102 Å². The van der Waals surface area contributed by atoms with Gasteiger partial charge in [0.05, 0.1) is 16.5 Å². The zero-order chi connectivity index (χ0) is 19.7. The third-order valence-corrected chi connectivity index (χ3v) is 4.66. The SMILES string of the molecule is [O-][Cl+3]([O-])([O-])[O-].c1ccc(C2c3ccccc3-c3[o+]c4ccccc4cc32)cc1. The van der Waals surface area contributed by atoms with Gasteiger partial charge in [-0.1, -0.05) is 60.7 Å². The highest BCUT2D eigenvalue weighted by molar-refractivity contribution is 5.85. The highest BCUT2D eigenvalue weighted by Crippen LogP contribution is 2.48. The molecule has 4 aromatic rings. The maximum atomic E-state index is 8.49. The van der Waals surface area contributed by atoms with E-state index in [0.717, 1.165) is 16.7 Å². The molecular formula is C22H15ClO5. The van der Waals surface area contributed by atoms with E-state index in [1.807, 2.05) is 12.1 Å². The molecule has 0 saturated carbocycles. The van der Waals surface area contributed by atoms with E-state index < -0.39 is 10.2 Å². The molecule has 0 fully saturated rings. The van der Waals surface area contributed by atoms with E-state index in [9.17, 15) is 0 Å². The Bertz CT molecular complexity index is 1120. The lowest BCUT2D eigenvalue weighted by Gasteiger charge is -2.17. The van der Waals surface area contributed by atoms with Crippen LogP contribution in [0.3, 0.4) is 0 Å². The first-order valence-electron chi connectivity index (χ1n) is 8.53. The van der Waals surface area contributed by atoms with E-state index in [1.54, 1.807) is 0 Å². The number of fused-ring (bicyclic) bond motifs is 4. The van der Waals surface area contributed by atoms with Crippen LogP contribution in [0.4, 0.5) is 0 Å². The second-order valence-electron chi connectivity index (χ2n) is 6.38. The molecule has 0 saturated heterocycles. The van der Waals surface area contributed by atoms with Crippen LogP contribution < -0.4 is 18.6 Å². The van der Waals surface area contributed by atoms with Crippen LogP contribution in [0, 0.1) is 10.2 Å². The quantitative estimate of drug-likeness (QED) is 0.396. The Kier molecular flexibility index (Phi) is 4.85. The highest BCUT2D eigenvalue weighted by atomic mass is 35.7. The third kappa shape index (κ3) is 3.75. The van der Waals surface area contributed by atoms with E-state index in [1.165, 1.54) is 22.3 Å². The van der Waals surface area contributed by atoms with Crippen LogP contribution in [-0.2, 0) is 0 Å². The topological polar surface area (TPSA) is 104 Å². The molecule has 1 atom stereocenters. The minimum absolute atomic E-state index is 0.246. The number of hydrogen-bond acceptors (Lipinski definition) is 4. The second kappa shape index (κ2) is 7.31. The molecule has 5 rings (SSSR count). The Morgan fingerprint density at radius 1 is 0.679 bits per heavy atom. The van der Waals surface area contributed by atoms with Gasteiger partial charge in [0, 0.05) is 12.0 Å². The van der Waals surface area contributed by atoms with Crippen LogP contribution in [-0.4, -0.2) is 0 Å². The van der Waals surface area contributed by atoms with Gasteiger partial charge in [-0.25, -0.2) is 23.1 Å². The minimum Gasteiger partial charge on any atom is -0.222 e. The van der Waals surface area contributed by atoms with Gasteiger partial charge in [-0.2, -0.15) is 0 Å². The minimum atomic E-state index is -4.94. The molecule has 0 aliphatic heterocycles. The van der Waals surface area contributed by atoms with Gasteiger partial charge < -0.3 is 0 Å². The second-order valence-corrected chi connectivity index (χ2v) is 7.13. The van der Waals surface area contributed by atoms with Crippen LogP contribution in [0.2, 0.25) is 0 Å². The molecule has 1 aliphatic rings. The van der Waals surface area contributed by atoms with E-state index >= 15 is 0 Å². The Morgan fingerprint density at radius 3 is 2.04 bits per heavy atom. The van der Waals surface area contributed by atoms with Crippen molar-refractivity contribution in [2.75, 3.05) is 0 Å². The molecule has 28 heavy (non-hydrogen) atoms. The summed E-state index contributed by atoms with van der Waals surface area (Å²) in [5.74, 6) is 1.25. The third-order valence-electron chi connectivity index (χ3n) is 4.66. The highest BCUT2D eigenvalue weighted by Gasteiger charge is 2.38. The van der Waals surface area contributed by atoms with Crippen LogP contribution in [0.1, 0.15) is 22.6 Å². The fourth-order valence-electron chi connectivity index (χ4n) is 3.65. The largest absolute Gasteiger partial charge is 0.365 e. The number of rotatable bonds is 1. The molecule has 1 aromatic heterocycles. The molecule has 0 radical (unpaired) electrons. The van der Waals surface area contributed by atoms with Crippen LogP contribution in [0.5, 0.6) is 0 Å². The van der Waals surface area contributed by atoms with Gasteiger partial charge in [0.15, 0.2) is 0 Å². The molecule has 0 bridgehead atoms. The summed E-state index contributed by atoms with van der Waals surface area (Å²) >= 11 is 0.